The molecule has 11 heteroatoms. The van der Waals surface area contributed by atoms with Gasteiger partial charge in [0.1, 0.15) is 5.82 Å². The lowest BCUT2D eigenvalue weighted by Gasteiger charge is -2.30. The van der Waals surface area contributed by atoms with Crippen LogP contribution in [0.1, 0.15) is 45.1 Å². The summed E-state index contributed by atoms with van der Waals surface area (Å²) in [5, 5.41) is 9.47. The maximum absolute atomic E-state index is 13.0. The van der Waals surface area contributed by atoms with E-state index in [1.165, 1.54) is 12.3 Å². The van der Waals surface area contributed by atoms with Crippen molar-refractivity contribution in [3.05, 3.63) is 23.9 Å². The highest BCUT2D eigenvalue weighted by Gasteiger charge is 2.34. The number of hydrogen-bond donors (Lipinski definition) is 3. The molecule has 3 N–H and O–H groups in total. The van der Waals surface area contributed by atoms with Gasteiger partial charge in [0.15, 0.2) is 5.96 Å². The first-order valence-electron chi connectivity index (χ1n) is 10.0. The van der Waals surface area contributed by atoms with Gasteiger partial charge in [-0.05, 0) is 38.3 Å². The first-order valence-corrected chi connectivity index (χ1v) is 11.4. The summed E-state index contributed by atoms with van der Waals surface area (Å²) in [5.74, 6) is 1.11. The predicted octanol–water partition coefficient (Wildman–Crippen LogP) is 3.77. The van der Waals surface area contributed by atoms with Crippen LogP contribution in [0.15, 0.2) is 23.3 Å². The zero-order chi connectivity index (χ0) is 21.3. The van der Waals surface area contributed by atoms with Crippen LogP contribution in [0.5, 0.6) is 0 Å². The lowest BCUT2D eigenvalue weighted by atomic mass is 9.95. The second-order valence-corrected chi connectivity index (χ2v) is 8.89. The Balaban J connectivity index is 0.00000450. The molecule has 1 aliphatic carbocycles. The molecule has 0 aliphatic heterocycles. The van der Waals surface area contributed by atoms with Gasteiger partial charge in [-0.15, -0.1) is 24.0 Å². The molecule has 1 fully saturated rings. The average molecular weight is 561 g/mol. The molecule has 1 aromatic rings. The average Bonchev–Trinajstić information content (AvgIpc) is 2.70. The van der Waals surface area contributed by atoms with Gasteiger partial charge in [-0.2, -0.15) is 13.2 Å². The van der Waals surface area contributed by atoms with Crippen molar-refractivity contribution < 1.29 is 17.4 Å². The second-order valence-electron chi connectivity index (χ2n) is 6.88. The molecule has 6 nitrogen and oxygen atoms in total. The molecule has 172 valence electrons. The number of nitrogens with one attached hydrogen (secondary N) is 3. The summed E-state index contributed by atoms with van der Waals surface area (Å²) < 4.78 is 51.1. The molecular formula is C19H31F3IN5OS. The third kappa shape index (κ3) is 8.56. The Kier molecular flexibility index (Phi) is 12.0. The van der Waals surface area contributed by atoms with Crippen molar-refractivity contribution in [1.82, 2.24) is 15.6 Å². The number of hydrogen-bond acceptors (Lipinski definition) is 4. The third-order valence-corrected chi connectivity index (χ3v) is 6.50. The van der Waals surface area contributed by atoms with Crippen molar-refractivity contribution in [3.63, 3.8) is 0 Å². The van der Waals surface area contributed by atoms with Crippen LogP contribution in [0.3, 0.4) is 0 Å². The van der Waals surface area contributed by atoms with E-state index in [9.17, 15) is 17.4 Å². The van der Waals surface area contributed by atoms with Gasteiger partial charge in [0, 0.05) is 47.1 Å². The van der Waals surface area contributed by atoms with Crippen LogP contribution < -0.4 is 16.0 Å². The van der Waals surface area contributed by atoms with Crippen LogP contribution in [-0.4, -0.2) is 51.8 Å². The Hall–Kier alpha value is -1.11. The number of anilines is 1. The Morgan fingerprint density at radius 2 is 2.10 bits per heavy atom. The number of halogens is 4. The van der Waals surface area contributed by atoms with Crippen LogP contribution in [0.25, 0.3) is 0 Å². The predicted molar refractivity (Wildman–Crippen MR) is 127 cm³/mol. The van der Waals surface area contributed by atoms with E-state index in [1.54, 1.807) is 0 Å². The Morgan fingerprint density at radius 1 is 1.33 bits per heavy atom. The minimum absolute atomic E-state index is 0. The molecule has 0 saturated heterocycles. The zero-order valence-corrected chi connectivity index (χ0v) is 20.4. The molecule has 2 rings (SSSR count). The topological polar surface area (TPSA) is 78.4 Å². The maximum atomic E-state index is 13.0. The lowest BCUT2D eigenvalue weighted by Crippen LogP contribution is -2.46. The van der Waals surface area contributed by atoms with Gasteiger partial charge >= 0.3 is 6.18 Å². The Bertz CT molecular complexity index is 705. The number of aliphatic imine (C=N–C) groups is 1. The summed E-state index contributed by atoms with van der Waals surface area (Å²) in [6.07, 6.45) is 0.713. The number of rotatable bonds is 8. The van der Waals surface area contributed by atoms with Crippen LogP contribution in [0.2, 0.25) is 0 Å². The van der Waals surface area contributed by atoms with Crippen molar-refractivity contribution in [2.75, 3.05) is 30.7 Å². The standard InChI is InChI=1S/C19H30F3N5OS.HI/c1-3-23-18(27-14-7-5-8-15(13-14)29(28)4-2)26-12-11-25-17-16(19(20,21)22)9-6-10-24-17;/h6,9-10,14-15H,3-5,7-8,11-13H2,1-2H3,(H,24,25)(H2,23,26,27);1H. The lowest BCUT2D eigenvalue weighted by molar-refractivity contribution is -0.137. The molecular weight excluding hydrogens is 530 g/mol. The summed E-state index contributed by atoms with van der Waals surface area (Å²) >= 11 is 0. The maximum Gasteiger partial charge on any atom is 0.419 e. The van der Waals surface area contributed by atoms with Crippen molar-refractivity contribution in [2.24, 2.45) is 4.99 Å². The minimum atomic E-state index is -4.45. The van der Waals surface area contributed by atoms with Crippen molar-refractivity contribution in [1.29, 1.82) is 0 Å². The number of pyridine rings is 1. The molecule has 1 aromatic heterocycles. The van der Waals surface area contributed by atoms with E-state index in [4.69, 9.17) is 0 Å². The van der Waals surface area contributed by atoms with Gasteiger partial charge in [0.25, 0.3) is 0 Å². The highest BCUT2D eigenvalue weighted by molar-refractivity contribution is 14.0. The van der Waals surface area contributed by atoms with E-state index in [1.807, 2.05) is 13.8 Å². The first kappa shape index (κ1) is 26.9. The molecule has 0 radical (unpaired) electrons. The molecule has 1 aliphatic rings. The minimum Gasteiger partial charge on any atom is -0.368 e. The van der Waals surface area contributed by atoms with E-state index >= 15 is 0 Å². The SMILES string of the molecule is CCNC(=NCCNc1ncccc1C(F)(F)F)NC1CCCC(S(=O)CC)C1.I. The molecule has 1 saturated carbocycles. The van der Waals surface area contributed by atoms with Crippen LogP contribution in [0.4, 0.5) is 19.0 Å². The van der Waals surface area contributed by atoms with Crippen molar-refractivity contribution in [2.45, 2.75) is 57.0 Å². The van der Waals surface area contributed by atoms with Gasteiger partial charge in [0.2, 0.25) is 0 Å². The summed E-state index contributed by atoms with van der Waals surface area (Å²) in [5.41, 5.74) is -0.786. The van der Waals surface area contributed by atoms with Crippen molar-refractivity contribution >= 4 is 46.6 Å². The summed E-state index contributed by atoms with van der Waals surface area (Å²) in [4.78, 5) is 8.24. The first-order chi connectivity index (χ1) is 13.8. The Morgan fingerprint density at radius 3 is 2.77 bits per heavy atom. The highest BCUT2D eigenvalue weighted by Crippen LogP contribution is 2.33. The molecule has 30 heavy (non-hydrogen) atoms. The van der Waals surface area contributed by atoms with Gasteiger partial charge < -0.3 is 16.0 Å². The van der Waals surface area contributed by atoms with Gasteiger partial charge in [-0.3, -0.25) is 9.20 Å². The van der Waals surface area contributed by atoms with Gasteiger partial charge in [-0.25, -0.2) is 4.98 Å². The molecule has 0 aromatic carbocycles. The van der Waals surface area contributed by atoms with E-state index in [0.29, 0.717) is 24.8 Å². The Labute approximate surface area is 195 Å². The van der Waals surface area contributed by atoms with E-state index < -0.39 is 22.5 Å². The molecule has 0 amide bonds. The number of guanidine groups is 1. The number of alkyl halides is 3. The summed E-state index contributed by atoms with van der Waals surface area (Å²) in [7, 11) is -0.799. The fraction of sp³-hybridized carbons (Fsp3) is 0.684. The van der Waals surface area contributed by atoms with E-state index in [-0.39, 0.29) is 47.6 Å². The molecule has 1 heterocycles. The fourth-order valence-corrected chi connectivity index (χ4v) is 4.73. The van der Waals surface area contributed by atoms with Crippen molar-refractivity contribution in [3.8, 4) is 0 Å². The molecule has 0 bridgehead atoms. The second kappa shape index (κ2) is 13.3. The van der Waals surface area contributed by atoms with E-state index in [2.05, 4.69) is 25.9 Å². The smallest absolute Gasteiger partial charge is 0.368 e. The normalized spacial score (nSPS) is 20.8. The molecule has 0 spiro atoms. The van der Waals surface area contributed by atoms with E-state index in [0.717, 1.165) is 31.7 Å². The molecule has 3 unspecified atom stereocenters. The molecule has 3 atom stereocenters. The van der Waals surface area contributed by atoms with Gasteiger partial charge in [0.05, 0.1) is 12.1 Å². The van der Waals surface area contributed by atoms with Gasteiger partial charge in [-0.1, -0.05) is 13.3 Å². The largest absolute Gasteiger partial charge is 0.419 e. The monoisotopic (exact) mass is 561 g/mol. The van der Waals surface area contributed by atoms with Crippen LogP contribution in [-0.2, 0) is 17.0 Å². The zero-order valence-electron chi connectivity index (χ0n) is 17.3. The van der Waals surface area contributed by atoms with Crippen LogP contribution >= 0.6 is 24.0 Å². The van der Waals surface area contributed by atoms with Crippen LogP contribution in [0, 0.1) is 0 Å². The quantitative estimate of drug-likeness (QED) is 0.195. The number of aromatic nitrogens is 1. The fourth-order valence-electron chi connectivity index (χ4n) is 3.38. The highest BCUT2D eigenvalue weighted by atomic mass is 127. The summed E-state index contributed by atoms with van der Waals surface area (Å²) in [6.45, 7) is 5.09. The number of nitrogens with zero attached hydrogens (tertiary/aromatic N) is 2. The summed E-state index contributed by atoms with van der Waals surface area (Å²) in [6, 6.07) is 2.47. The third-order valence-electron chi connectivity index (χ3n) is 4.75.